The average molecular weight is 214 g/mol. The zero-order chi connectivity index (χ0) is 11.5. The molecule has 0 spiro atoms. The van der Waals surface area contributed by atoms with E-state index >= 15 is 0 Å². The van der Waals surface area contributed by atoms with Gasteiger partial charge in [0.25, 0.3) is 0 Å². The van der Waals surface area contributed by atoms with Crippen molar-refractivity contribution in [1.82, 2.24) is 0 Å². The predicted molar refractivity (Wildman–Crippen MR) is 62.7 cm³/mol. The Morgan fingerprint density at radius 1 is 1.19 bits per heavy atom. The molecule has 0 bridgehead atoms. The minimum Gasteiger partial charge on any atom is -0.469 e. The third-order valence-electron chi connectivity index (χ3n) is 2.54. The van der Waals surface area contributed by atoms with Crippen LogP contribution in [-0.2, 0) is 6.42 Å². The highest BCUT2D eigenvalue weighted by atomic mass is 16.3. The first-order chi connectivity index (χ1) is 7.65. The Morgan fingerprint density at radius 2 is 1.88 bits per heavy atom. The molecule has 0 saturated carbocycles. The van der Waals surface area contributed by atoms with E-state index in [1.807, 2.05) is 38.1 Å². The number of rotatable bonds is 3. The summed E-state index contributed by atoms with van der Waals surface area (Å²) in [5, 5.41) is 0. The molecule has 0 fully saturated rings. The van der Waals surface area contributed by atoms with Crippen LogP contribution in [0.1, 0.15) is 27.2 Å². The van der Waals surface area contributed by atoms with Crippen LogP contribution in [0, 0.1) is 13.8 Å². The summed E-state index contributed by atoms with van der Waals surface area (Å²) in [7, 11) is 0. The van der Waals surface area contributed by atoms with Gasteiger partial charge in [0.05, 0.1) is 5.56 Å². The third-order valence-corrected chi connectivity index (χ3v) is 2.54. The molecule has 0 aliphatic carbocycles. The highest BCUT2D eigenvalue weighted by Gasteiger charge is 2.09. The highest BCUT2D eigenvalue weighted by molar-refractivity contribution is 5.97. The van der Waals surface area contributed by atoms with Crippen LogP contribution in [0.25, 0.3) is 0 Å². The Kier molecular flexibility index (Phi) is 2.91. The topological polar surface area (TPSA) is 30.2 Å². The van der Waals surface area contributed by atoms with Crippen molar-refractivity contribution in [3.05, 3.63) is 59.0 Å². The van der Waals surface area contributed by atoms with Crippen molar-refractivity contribution >= 4 is 5.78 Å². The minimum atomic E-state index is 0.0979. The van der Waals surface area contributed by atoms with Crippen LogP contribution < -0.4 is 0 Å². The lowest BCUT2D eigenvalue weighted by molar-refractivity contribution is 0.0992. The van der Waals surface area contributed by atoms with Crippen molar-refractivity contribution in [1.29, 1.82) is 0 Å². The van der Waals surface area contributed by atoms with Gasteiger partial charge in [0.1, 0.15) is 12.0 Å². The lowest BCUT2D eigenvalue weighted by Gasteiger charge is -1.99. The normalized spacial score (nSPS) is 10.4. The second-order valence-corrected chi connectivity index (χ2v) is 4.03. The predicted octanol–water partition coefficient (Wildman–Crippen LogP) is 3.32. The van der Waals surface area contributed by atoms with Crippen LogP contribution in [0.2, 0.25) is 0 Å². The number of hydrogen-bond acceptors (Lipinski definition) is 2. The van der Waals surface area contributed by atoms with E-state index < -0.39 is 0 Å². The molecule has 16 heavy (non-hydrogen) atoms. The molecule has 0 N–H and O–H groups in total. The van der Waals surface area contributed by atoms with Crippen molar-refractivity contribution < 1.29 is 9.21 Å². The lowest BCUT2D eigenvalue weighted by atomic mass is 10.0. The smallest absolute Gasteiger partial charge is 0.170 e. The summed E-state index contributed by atoms with van der Waals surface area (Å²) < 4.78 is 5.12. The summed E-state index contributed by atoms with van der Waals surface area (Å²) in [6.45, 7) is 3.87. The summed E-state index contributed by atoms with van der Waals surface area (Å²) in [4.78, 5) is 11.9. The van der Waals surface area contributed by atoms with Crippen molar-refractivity contribution in [2.45, 2.75) is 20.3 Å². The maximum absolute atomic E-state index is 11.9. The van der Waals surface area contributed by atoms with Gasteiger partial charge in [-0.1, -0.05) is 29.8 Å². The van der Waals surface area contributed by atoms with E-state index in [0.717, 1.165) is 11.3 Å². The number of carbonyl (C=O) groups excluding carboxylic acids is 1. The molecular formula is C14H14O2. The number of hydrogen-bond donors (Lipinski definition) is 0. The van der Waals surface area contributed by atoms with Crippen LogP contribution in [0.3, 0.4) is 0 Å². The number of furan rings is 1. The molecule has 0 unspecified atom stereocenters. The fraction of sp³-hybridized carbons (Fsp3) is 0.214. The quantitative estimate of drug-likeness (QED) is 0.734. The van der Waals surface area contributed by atoms with Gasteiger partial charge in [0.15, 0.2) is 5.78 Å². The zero-order valence-corrected chi connectivity index (χ0v) is 9.49. The van der Waals surface area contributed by atoms with E-state index in [1.165, 1.54) is 11.8 Å². The maximum atomic E-state index is 11.9. The van der Waals surface area contributed by atoms with Crippen molar-refractivity contribution in [2.24, 2.45) is 0 Å². The Morgan fingerprint density at radius 3 is 2.44 bits per heavy atom. The molecule has 1 aromatic heterocycles. The number of ketones is 1. The fourth-order valence-electron chi connectivity index (χ4n) is 1.58. The van der Waals surface area contributed by atoms with Gasteiger partial charge in [-0.05, 0) is 25.5 Å². The van der Waals surface area contributed by atoms with Crippen molar-refractivity contribution in [3.8, 4) is 0 Å². The summed E-state index contributed by atoms with van der Waals surface area (Å²) >= 11 is 0. The van der Waals surface area contributed by atoms with Crippen LogP contribution in [0.5, 0.6) is 0 Å². The zero-order valence-electron chi connectivity index (χ0n) is 9.49. The average Bonchev–Trinajstić information content (AvgIpc) is 2.68. The van der Waals surface area contributed by atoms with Gasteiger partial charge >= 0.3 is 0 Å². The Hall–Kier alpha value is -1.83. The molecule has 0 amide bonds. The molecule has 0 radical (unpaired) electrons. The second kappa shape index (κ2) is 4.35. The van der Waals surface area contributed by atoms with Gasteiger partial charge in [-0.2, -0.15) is 0 Å². The summed E-state index contributed by atoms with van der Waals surface area (Å²) in [6, 6.07) is 9.78. The van der Waals surface area contributed by atoms with Gasteiger partial charge in [0, 0.05) is 6.42 Å². The van der Waals surface area contributed by atoms with Crippen LogP contribution in [0.15, 0.2) is 41.0 Å². The molecular weight excluding hydrogens is 200 g/mol. The number of benzene rings is 1. The molecule has 0 saturated heterocycles. The van der Waals surface area contributed by atoms with Gasteiger partial charge in [0.2, 0.25) is 0 Å². The van der Waals surface area contributed by atoms with E-state index in [0.29, 0.717) is 12.0 Å². The second-order valence-electron chi connectivity index (χ2n) is 4.03. The SMILES string of the molecule is Cc1ccc(CC(=O)c2coc(C)c2)cc1. The van der Waals surface area contributed by atoms with E-state index in [2.05, 4.69) is 0 Å². The first kappa shape index (κ1) is 10.7. The largest absolute Gasteiger partial charge is 0.469 e. The molecule has 2 aromatic rings. The molecule has 2 heteroatoms. The van der Waals surface area contributed by atoms with E-state index in [9.17, 15) is 4.79 Å². The van der Waals surface area contributed by atoms with Crippen LogP contribution >= 0.6 is 0 Å². The first-order valence-electron chi connectivity index (χ1n) is 5.29. The maximum Gasteiger partial charge on any atom is 0.170 e. The Labute approximate surface area is 94.9 Å². The third kappa shape index (κ3) is 2.40. The molecule has 0 aliphatic rings. The number of Topliss-reactive ketones (excluding diaryl/α,β-unsaturated/α-hetero) is 1. The van der Waals surface area contributed by atoms with Crippen molar-refractivity contribution in [3.63, 3.8) is 0 Å². The van der Waals surface area contributed by atoms with E-state index in [1.54, 1.807) is 6.07 Å². The first-order valence-corrected chi connectivity index (χ1v) is 5.29. The van der Waals surface area contributed by atoms with Crippen LogP contribution in [0.4, 0.5) is 0 Å². The van der Waals surface area contributed by atoms with Gasteiger partial charge < -0.3 is 4.42 Å². The molecule has 2 rings (SSSR count). The van der Waals surface area contributed by atoms with Crippen LogP contribution in [-0.4, -0.2) is 5.78 Å². The van der Waals surface area contributed by atoms with Gasteiger partial charge in [-0.15, -0.1) is 0 Å². The number of aryl methyl sites for hydroxylation is 2. The van der Waals surface area contributed by atoms with E-state index in [-0.39, 0.29) is 5.78 Å². The molecule has 0 aliphatic heterocycles. The number of carbonyl (C=O) groups is 1. The summed E-state index contributed by atoms with van der Waals surface area (Å²) in [5.74, 6) is 0.868. The molecule has 82 valence electrons. The van der Waals surface area contributed by atoms with Gasteiger partial charge in [-0.25, -0.2) is 0 Å². The standard InChI is InChI=1S/C14H14O2/c1-10-3-5-12(6-4-10)8-14(15)13-7-11(2)16-9-13/h3-7,9H,8H2,1-2H3. The minimum absolute atomic E-state index is 0.0979. The highest BCUT2D eigenvalue weighted by Crippen LogP contribution is 2.11. The molecule has 1 heterocycles. The Balaban J connectivity index is 2.10. The Bertz CT molecular complexity index is 492. The molecule has 0 atom stereocenters. The lowest BCUT2D eigenvalue weighted by Crippen LogP contribution is -2.01. The van der Waals surface area contributed by atoms with E-state index in [4.69, 9.17) is 4.42 Å². The van der Waals surface area contributed by atoms with Crippen molar-refractivity contribution in [2.75, 3.05) is 0 Å². The monoisotopic (exact) mass is 214 g/mol. The summed E-state index contributed by atoms with van der Waals surface area (Å²) in [6.07, 6.45) is 1.95. The molecule has 1 aromatic carbocycles. The summed E-state index contributed by atoms with van der Waals surface area (Å²) in [5.41, 5.74) is 2.89. The fourth-order valence-corrected chi connectivity index (χ4v) is 1.58. The van der Waals surface area contributed by atoms with Gasteiger partial charge in [-0.3, -0.25) is 4.79 Å². The molecule has 2 nitrogen and oxygen atoms in total.